The lowest BCUT2D eigenvalue weighted by Crippen LogP contribution is -2.24. The number of H-pyrrole nitrogens is 1. The molecule has 0 bridgehead atoms. The predicted molar refractivity (Wildman–Crippen MR) is 78.1 cm³/mol. The monoisotopic (exact) mass is 308 g/mol. The fourth-order valence-corrected chi connectivity index (χ4v) is 3.06. The highest BCUT2D eigenvalue weighted by Crippen LogP contribution is 2.20. The molecule has 21 heavy (non-hydrogen) atoms. The number of aromatic nitrogens is 2. The first kappa shape index (κ1) is 15.2. The van der Waals surface area contributed by atoms with E-state index in [0.717, 1.165) is 0 Å². The molecular weight excluding hydrogens is 292 g/mol. The van der Waals surface area contributed by atoms with Crippen LogP contribution in [0.5, 0.6) is 0 Å². The van der Waals surface area contributed by atoms with Gasteiger partial charge < -0.3 is 10.3 Å². The average molecular weight is 308 g/mol. The lowest BCUT2D eigenvalue weighted by Gasteiger charge is -2.11. The summed E-state index contributed by atoms with van der Waals surface area (Å²) in [5.41, 5.74) is 1.03. The van der Waals surface area contributed by atoms with E-state index >= 15 is 0 Å². The number of carbonyl (C=O) groups excluding carboxylic acids is 1. The first-order chi connectivity index (χ1) is 9.88. The normalized spacial score (nSPS) is 11.3. The van der Waals surface area contributed by atoms with Gasteiger partial charge in [0.05, 0.1) is 11.4 Å². The predicted octanol–water partition coefficient (Wildman–Crippen LogP) is 1.16. The van der Waals surface area contributed by atoms with E-state index in [9.17, 15) is 13.2 Å². The van der Waals surface area contributed by atoms with Crippen LogP contribution in [0.25, 0.3) is 0 Å². The number of rotatable bonds is 5. The molecule has 0 aliphatic rings. The Kier molecular flexibility index (Phi) is 4.39. The summed E-state index contributed by atoms with van der Waals surface area (Å²) in [5.74, 6) is 0.264. The van der Waals surface area contributed by atoms with Gasteiger partial charge in [-0.25, -0.2) is 18.1 Å². The van der Waals surface area contributed by atoms with Gasteiger partial charge in [0, 0.05) is 25.0 Å². The summed E-state index contributed by atoms with van der Waals surface area (Å²) in [6.45, 7) is 3.13. The Balaban J connectivity index is 2.23. The van der Waals surface area contributed by atoms with Crippen molar-refractivity contribution < 1.29 is 13.2 Å². The topological polar surface area (TPSA) is 104 Å². The van der Waals surface area contributed by atoms with Crippen LogP contribution in [-0.2, 0) is 21.4 Å². The number of hydrogen-bond donors (Lipinski definition) is 3. The fraction of sp³-hybridized carbons (Fsp3) is 0.231. The second kappa shape index (κ2) is 6.06. The van der Waals surface area contributed by atoms with E-state index in [-0.39, 0.29) is 17.3 Å². The lowest BCUT2D eigenvalue weighted by molar-refractivity contribution is -0.114. The van der Waals surface area contributed by atoms with E-state index in [2.05, 4.69) is 20.0 Å². The maximum absolute atomic E-state index is 12.3. The van der Waals surface area contributed by atoms with Crippen LogP contribution in [0.3, 0.4) is 0 Å². The van der Waals surface area contributed by atoms with Gasteiger partial charge in [0.25, 0.3) is 0 Å². The lowest BCUT2D eigenvalue weighted by atomic mass is 10.2. The van der Waals surface area contributed by atoms with Crippen LogP contribution in [0.2, 0.25) is 0 Å². The van der Waals surface area contributed by atoms with Crippen LogP contribution < -0.4 is 10.0 Å². The molecule has 1 aromatic carbocycles. The molecular formula is C13H16N4O3S. The number of benzene rings is 1. The number of anilines is 1. The van der Waals surface area contributed by atoms with Crippen molar-refractivity contribution in [2.45, 2.75) is 25.3 Å². The molecule has 0 spiro atoms. The average Bonchev–Trinajstić information content (AvgIpc) is 2.91. The van der Waals surface area contributed by atoms with Crippen molar-refractivity contribution in [3.63, 3.8) is 0 Å². The van der Waals surface area contributed by atoms with Crippen LogP contribution in [0.1, 0.15) is 18.3 Å². The molecule has 1 amide bonds. The molecule has 0 saturated carbocycles. The largest absolute Gasteiger partial charge is 0.347 e. The summed E-state index contributed by atoms with van der Waals surface area (Å²) in [6.07, 6.45) is 3.17. The number of nitrogens with zero attached hydrogens (tertiary/aromatic N) is 1. The van der Waals surface area contributed by atoms with Gasteiger partial charge in [0.15, 0.2) is 0 Å². The number of hydrogen-bond acceptors (Lipinski definition) is 4. The van der Waals surface area contributed by atoms with Gasteiger partial charge in [-0.05, 0) is 24.6 Å². The first-order valence-electron chi connectivity index (χ1n) is 6.24. The molecule has 0 unspecified atom stereocenters. The molecule has 112 valence electrons. The number of amides is 1. The number of aryl methyl sites for hydroxylation is 1. The van der Waals surface area contributed by atoms with E-state index in [1.165, 1.54) is 13.0 Å². The number of imidazole rings is 1. The van der Waals surface area contributed by atoms with Gasteiger partial charge in [-0.15, -0.1) is 0 Å². The van der Waals surface area contributed by atoms with E-state index in [4.69, 9.17) is 0 Å². The van der Waals surface area contributed by atoms with Gasteiger partial charge in [-0.3, -0.25) is 4.79 Å². The van der Waals surface area contributed by atoms with E-state index in [0.29, 0.717) is 17.1 Å². The Morgan fingerprint density at radius 2 is 2.14 bits per heavy atom. The van der Waals surface area contributed by atoms with Crippen LogP contribution in [0.4, 0.5) is 5.69 Å². The molecule has 0 aliphatic heterocycles. The molecule has 0 fully saturated rings. The maximum Gasteiger partial charge on any atom is 0.241 e. The molecule has 1 heterocycles. The summed E-state index contributed by atoms with van der Waals surface area (Å²) < 4.78 is 27.1. The molecule has 8 heteroatoms. The third kappa shape index (κ3) is 3.89. The zero-order valence-corrected chi connectivity index (χ0v) is 12.5. The van der Waals surface area contributed by atoms with Crippen molar-refractivity contribution in [3.8, 4) is 0 Å². The zero-order chi connectivity index (χ0) is 15.5. The number of sulfonamides is 1. The minimum absolute atomic E-state index is 0.0686. The minimum atomic E-state index is -3.69. The number of carbonyl (C=O) groups is 1. The SMILES string of the molecule is CC(=O)Nc1ccc(C)c(S(=O)(=O)NCc2ncc[nH]2)c1. The highest BCUT2D eigenvalue weighted by atomic mass is 32.2. The van der Waals surface area contributed by atoms with Crippen molar-refractivity contribution in [3.05, 3.63) is 42.0 Å². The molecule has 7 nitrogen and oxygen atoms in total. The van der Waals surface area contributed by atoms with Crippen molar-refractivity contribution >= 4 is 21.6 Å². The highest BCUT2D eigenvalue weighted by Gasteiger charge is 2.17. The molecule has 2 aromatic rings. The quantitative estimate of drug-likeness (QED) is 0.771. The van der Waals surface area contributed by atoms with Gasteiger partial charge in [0.2, 0.25) is 15.9 Å². The van der Waals surface area contributed by atoms with Gasteiger partial charge in [-0.1, -0.05) is 6.07 Å². The summed E-state index contributed by atoms with van der Waals surface area (Å²) in [7, 11) is -3.69. The molecule has 3 N–H and O–H groups in total. The van der Waals surface area contributed by atoms with Crippen molar-refractivity contribution in [1.82, 2.24) is 14.7 Å². The summed E-state index contributed by atoms with van der Waals surface area (Å²) >= 11 is 0. The highest BCUT2D eigenvalue weighted by molar-refractivity contribution is 7.89. The standard InChI is InChI=1S/C13H16N4O3S/c1-9-3-4-11(17-10(2)18)7-12(9)21(19,20)16-8-13-14-5-6-15-13/h3-7,16H,8H2,1-2H3,(H,14,15)(H,17,18). The Hall–Kier alpha value is -2.19. The Morgan fingerprint density at radius 3 is 2.76 bits per heavy atom. The van der Waals surface area contributed by atoms with Crippen molar-refractivity contribution in [2.75, 3.05) is 5.32 Å². The van der Waals surface area contributed by atoms with Crippen molar-refractivity contribution in [2.24, 2.45) is 0 Å². The van der Waals surface area contributed by atoms with Gasteiger partial charge in [0.1, 0.15) is 5.82 Å². The van der Waals surface area contributed by atoms with Crippen LogP contribution in [-0.4, -0.2) is 24.3 Å². The molecule has 0 radical (unpaired) electrons. The Morgan fingerprint density at radius 1 is 1.38 bits per heavy atom. The maximum atomic E-state index is 12.3. The van der Waals surface area contributed by atoms with Gasteiger partial charge >= 0.3 is 0 Å². The van der Waals surface area contributed by atoms with E-state index in [1.54, 1.807) is 31.5 Å². The fourth-order valence-electron chi connectivity index (χ4n) is 1.81. The first-order valence-corrected chi connectivity index (χ1v) is 7.73. The molecule has 0 atom stereocenters. The van der Waals surface area contributed by atoms with E-state index in [1.807, 2.05) is 0 Å². The summed E-state index contributed by atoms with van der Waals surface area (Å²) in [5, 5.41) is 2.56. The van der Waals surface area contributed by atoms with Crippen LogP contribution in [0.15, 0.2) is 35.5 Å². The summed E-state index contributed by atoms with van der Waals surface area (Å²) in [6, 6.07) is 4.73. The van der Waals surface area contributed by atoms with Crippen LogP contribution >= 0.6 is 0 Å². The van der Waals surface area contributed by atoms with Crippen LogP contribution in [0, 0.1) is 6.92 Å². The molecule has 1 aromatic heterocycles. The molecule has 0 saturated heterocycles. The molecule has 2 rings (SSSR count). The second-order valence-electron chi connectivity index (χ2n) is 4.52. The third-order valence-electron chi connectivity index (χ3n) is 2.78. The number of nitrogens with one attached hydrogen (secondary N) is 3. The third-order valence-corrected chi connectivity index (χ3v) is 4.33. The Bertz CT molecular complexity index is 739. The smallest absolute Gasteiger partial charge is 0.241 e. The zero-order valence-electron chi connectivity index (χ0n) is 11.7. The second-order valence-corrected chi connectivity index (χ2v) is 6.26. The summed E-state index contributed by atoms with van der Waals surface area (Å²) in [4.78, 5) is 17.9. The van der Waals surface area contributed by atoms with Crippen molar-refractivity contribution in [1.29, 1.82) is 0 Å². The minimum Gasteiger partial charge on any atom is -0.347 e. The molecule has 0 aliphatic carbocycles. The van der Waals surface area contributed by atoms with E-state index < -0.39 is 10.0 Å². The van der Waals surface area contributed by atoms with Gasteiger partial charge in [-0.2, -0.15) is 0 Å². The number of aromatic amines is 1. The Labute approximate surface area is 122 Å².